The summed E-state index contributed by atoms with van der Waals surface area (Å²) >= 11 is 0. The second-order valence-corrected chi connectivity index (χ2v) is 4.92. The molecule has 0 saturated carbocycles. The van der Waals surface area contributed by atoms with Gasteiger partial charge in [0, 0.05) is 12.0 Å². The van der Waals surface area contributed by atoms with Gasteiger partial charge in [0.15, 0.2) is 17.3 Å². The van der Waals surface area contributed by atoms with Gasteiger partial charge in [-0.1, -0.05) is 18.2 Å². The van der Waals surface area contributed by atoms with Crippen LogP contribution in [0.4, 0.5) is 22.0 Å². The average Bonchev–Trinajstić information content (AvgIpc) is 2.50. The molecule has 0 aliphatic carbocycles. The van der Waals surface area contributed by atoms with Gasteiger partial charge >= 0.3 is 6.18 Å². The van der Waals surface area contributed by atoms with Crippen molar-refractivity contribution >= 4 is 5.78 Å². The minimum atomic E-state index is -5.09. The number of ether oxygens (including phenoxy) is 1. The van der Waals surface area contributed by atoms with Crippen LogP contribution in [-0.4, -0.2) is 12.4 Å². The number of halogens is 5. The van der Waals surface area contributed by atoms with E-state index in [0.717, 1.165) is 18.2 Å². The van der Waals surface area contributed by atoms with Crippen molar-refractivity contribution < 1.29 is 31.5 Å². The number of alkyl halides is 3. The molecule has 0 saturated heterocycles. The molecule has 0 spiro atoms. The highest BCUT2D eigenvalue weighted by molar-refractivity contribution is 5.99. The number of ketones is 1. The van der Waals surface area contributed by atoms with Crippen molar-refractivity contribution in [2.75, 3.05) is 6.61 Å². The molecule has 0 aromatic heterocycles. The number of rotatable bonds is 5. The quantitative estimate of drug-likeness (QED) is 0.575. The minimum absolute atomic E-state index is 0.0310. The van der Waals surface area contributed by atoms with E-state index in [1.807, 2.05) is 0 Å². The number of carbonyl (C=O) groups excluding carboxylic acids is 1. The smallest absolute Gasteiger partial charge is 0.420 e. The summed E-state index contributed by atoms with van der Waals surface area (Å²) in [5.41, 5.74) is -2.62. The number of benzene rings is 2. The van der Waals surface area contributed by atoms with Crippen LogP contribution in [0.1, 0.15) is 28.4 Å². The molecular weight excluding hydrogens is 331 g/mol. The van der Waals surface area contributed by atoms with Gasteiger partial charge < -0.3 is 4.74 Å². The van der Waals surface area contributed by atoms with Gasteiger partial charge in [0.05, 0.1) is 6.61 Å². The average molecular weight is 344 g/mol. The highest BCUT2D eigenvalue weighted by atomic mass is 19.4. The first-order valence-corrected chi connectivity index (χ1v) is 7.04. The van der Waals surface area contributed by atoms with E-state index in [-0.39, 0.29) is 12.2 Å². The lowest BCUT2D eigenvalue weighted by Crippen LogP contribution is -2.18. The number of Topliss-reactive ketones (excluding diaryl/α,β-unsaturated/α-hetero) is 1. The molecule has 0 N–H and O–H groups in total. The molecule has 128 valence electrons. The standard InChI is InChI=1S/C17H13F5O2/c1-2-24-14-8-7-11(15(16(14)19)17(20,21)22)13(23)9-10-5-3-4-6-12(10)18/h3-8H,2,9H2,1H3. The molecular formula is C17H13F5O2. The summed E-state index contributed by atoms with van der Waals surface area (Å²) < 4.78 is 72.1. The molecule has 0 heterocycles. The number of hydrogen-bond acceptors (Lipinski definition) is 2. The van der Waals surface area contributed by atoms with Crippen molar-refractivity contribution in [3.8, 4) is 5.75 Å². The van der Waals surface area contributed by atoms with E-state index in [4.69, 9.17) is 4.74 Å². The van der Waals surface area contributed by atoms with E-state index in [2.05, 4.69) is 0 Å². The van der Waals surface area contributed by atoms with E-state index in [1.165, 1.54) is 25.1 Å². The fraction of sp³-hybridized carbons (Fsp3) is 0.235. The van der Waals surface area contributed by atoms with E-state index in [9.17, 15) is 26.7 Å². The molecule has 7 heteroatoms. The molecule has 2 aromatic rings. The molecule has 0 aliphatic heterocycles. The van der Waals surface area contributed by atoms with E-state index in [0.29, 0.717) is 0 Å². The van der Waals surface area contributed by atoms with Gasteiger partial charge in [-0.15, -0.1) is 0 Å². The van der Waals surface area contributed by atoms with Crippen molar-refractivity contribution in [3.05, 3.63) is 64.7 Å². The van der Waals surface area contributed by atoms with E-state index < -0.39 is 46.9 Å². The van der Waals surface area contributed by atoms with Crippen LogP contribution in [0.3, 0.4) is 0 Å². The van der Waals surface area contributed by atoms with Gasteiger partial charge in [-0.05, 0) is 30.7 Å². The summed E-state index contributed by atoms with van der Waals surface area (Å²) in [4.78, 5) is 12.2. The molecule has 24 heavy (non-hydrogen) atoms. The van der Waals surface area contributed by atoms with Gasteiger partial charge in [-0.25, -0.2) is 8.78 Å². The van der Waals surface area contributed by atoms with Crippen molar-refractivity contribution in [1.29, 1.82) is 0 Å². The molecule has 2 aromatic carbocycles. The van der Waals surface area contributed by atoms with Crippen molar-refractivity contribution in [2.45, 2.75) is 19.5 Å². The first-order chi connectivity index (χ1) is 11.3. The van der Waals surface area contributed by atoms with Crippen LogP contribution in [0.2, 0.25) is 0 Å². The van der Waals surface area contributed by atoms with Crippen LogP contribution in [0.25, 0.3) is 0 Å². The Kier molecular flexibility index (Phi) is 5.21. The molecule has 0 unspecified atom stereocenters. The van der Waals surface area contributed by atoms with Gasteiger partial charge in [-0.3, -0.25) is 4.79 Å². The Bertz CT molecular complexity index is 753. The third-order valence-electron chi connectivity index (χ3n) is 3.30. The van der Waals surface area contributed by atoms with Gasteiger partial charge in [-0.2, -0.15) is 13.2 Å². The molecule has 0 aliphatic rings. The molecule has 0 atom stereocenters. The zero-order chi connectivity index (χ0) is 17.9. The highest BCUT2D eigenvalue weighted by Crippen LogP contribution is 2.38. The molecule has 2 nitrogen and oxygen atoms in total. The minimum Gasteiger partial charge on any atom is -0.491 e. The molecule has 0 fully saturated rings. The van der Waals surface area contributed by atoms with Crippen molar-refractivity contribution in [1.82, 2.24) is 0 Å². The molecule has 0 amide bonds. The summed E-state index contributed by atoms with van der Waals surface area (Å²) in [6.45, 7) is 1.46. The van der Waals surface area contributed by atoms with Gasteiger partial charge in [0.25, 0.3) is 0 Å². The topological polar surface area (TPSA) is 26.3 Å². The maximum absolute atomic E-state index is 14.1. The number of carbonyl (C=O) groups is 1. The second-order valence-electron chi connectivity index (χ2n) is 4.92. The highest BCUT2D eigenvalue weighted by Gasteiger charge is 2.40. The number of hydrogen-bond donors (Lipinski definition) is 0. The van der Waals surface area contributed by atoms with Crippen LogP contribution >= 0.6 is 0 Å². The lowest BCUT2D eigenvalue weighted by atomic mass is 9.97. The summed E-state index contributed by atoms with van der Waals surface area (Å²) in [5.74, 6) is -3.99. The van der Waals surface area contributed by atoms with E-state index >= 15 is 0 Å². The Morgan fingerprint density at radius 2 is 1.75 bits per heavy atom. The Morgan fingerprint density at radius 1 is 1.08 bits per heavy atom. The monoisotopic (exact) mass is 344 g/mol. The maximum Gasteiger partial charge on any atom is 0.420 e. The SMILES string of the molecule is CCOc1ccc(C(=O)Cc2ccccc2F)c(C(F)(F)F)c1F. The zero-order valence-corrected chi connectivity index (χ0v) is 12.6. The summed E-state index contributed by atoms with van der Waals surface area (Å²) in [6.07, 6.45) is -5.69. The van der Waals surface area contributed by atoms with Crippen LogP contribution in [0, 0.1) is 11.6 Å². The predicted molar refractivity (Wildman–Crippen MR) is 77.0 cm³/mol. The summed E-state index contributed by atoms with van der Waals surface area (Å²) in [6, 6.07) is 7.02. The van der Waals surface area contributed by atoms with Crippen LogP contribution < -0.4 is 4.74 Å². The van der Waals surface area contributed by atoms with Crippen molar-refractivity contribution in [2.24, 2.45) is 0 Å². The first kappa shape index (κ1) is 17.9. The molecule has 2 rings (SSSR count). The Morgan fingerprint density at radius 3 is 2.33 bits per heavy atom. The third kappa shape index (κ3) is 3.72. The lowest BCUT2D eigenvalue weighted by molar-refractivity contribution is -0.140. The third-order valence-corrected chi connectivity index (χ3v) is 3.30. The van der Waals surface area contributed by atoms with Crippen LogP contribution in [-0.2, 0) is 12.6 Å². The molecule has 0 radical (unpaired) electrons. The fourth-order valence-corrected chi connectivity index (χ4v) is 2.24. The van der Waals surface area contributed by atoms with Gasteiger partial charge in [0.1, 0.15) is 11.4 Å². The largest absolute Gasteiger partial charge is 0.491 e. The Hall–Kier alpha value is -2.44. The van der Waals surface area contributed by atoms with Crippen LogP contribution in [0.5, 0.6) is 5.75 Å². The predicted octanol–water partition coefficient (Wildman–Crippen LogP) is 4.81. The second kappa shape index (κ2) is 6.98. The normalized spacial score (nSPS) is 11.4. The Labute approximate surface area is 134 Å². The maximum atomic E-state index is 14.1. The Balaban J connectivity index is 2.47. The van der Waals surface area contributed by atoms with Gasteiger partial charge in [0.2, 0.25) is 0 Å². The lowest BCUT2D eigenvalue weighted by Gasteiger charge is -2.16. The fourth-order valence-electron chi connectivity index (χ4n) is 2.24. The first-order valence-electron chi connectivity index (χ1n) is 7.04. The van der Waals surface area contributed by atoms with E-state index in [1.54, 1.807) is 0 Å². The summed E-state index contributed by atoms with van der Waals surface area (Å²) in [7, 11) is 0. The zero-order valence-electron chi connectivity index (χ0n) is 12.6. The molecule has 0 bridgehead atoms. The summed E-state index contributed by atoms with van der Waals surface area (Å²) in [5, 5.41) is 0. The van der Waals surface area contributed by atoms with Crippen LogP contribution in [0.15, 0.2) is 36.4 Å². The van der Waals surface area contributed by atoms with Crippen molar-refractivity contribution in [3.63, 3.8) is 0 Å².